The van der Waals surface area contributed by atoms with Crippen molar-refractivity contribution >= 4 is 23.0 Å². The average molecular weight is 389 g/mol. The van der Waals surface area contributed by atoms with Crippen LogP contribution in [0.5, 0.6) is 11.5 Å². The predicted molar refractivity (Wildman–Crippen MR) is 108 cm³/mol. The zero-order valence-corrected chi connectivity index (χ0v) is 16.0. The summed E-state index contributed by atoms with van der Waals surface area (Å²) in [5, 5.41) is 11.6. The third-order valence-corrected chi connectivity index (χ3v) is 4.49. The van der Waals surface area contributed by atoms with Crippen LogP contribution in [0.1, 0.15) is 22.1 Å². The van der Waals surface area contributed by atoms with Gasteiger partial charge in [0.05, 0.1) is 25.6 Å². The maximum absolute atomic E-state index is 12.4. The molecule has 7 heteroatoms. The molecule has 0 saturated carbocycles. The molecule has 1 heterocycles. The van der Waals surface area contributed by atoms with Gasteiger partial charge in [0.1, 0.15) is 5.56 Å². The lowest BCUT2D eigenvalue weighted by molar-refractivity contribution is 0.0435. The average Bonchev–Trinajstić information content (AvgIpc) is 3.08. The highest BCUT2D eigenvalue weighted by Gasteiger charge is 2.35. The highest BCUT2D eigenvalue weighted by Crippen LogP contribution is 2.42. The van der Waals surface area contributed by atoms with Crippen LogP contribution in [-0.2, 0) is 4.74 Å². The first-order valence-electron chi connectivity index (χ1n) is 8.99. The van der Waals surface area contributed by atoms with E-state index in [0.29, 0.717) is 22.6 Å². The molecule has 0 fully saturated rings. The second-order valence-electron chi connectivity index (χ2n) is 6.28. The molecular weight excluding hydrogens is 370 g/mol. The number of methoxy groups -OCH3 is 2. The molecule has 0 aromatic heterocycles. The second kappa shape index (κ2) is 8.02. The summed E-state index contributed by atoms with van der Waals surface area (Å²) < 4.78 is 16.1. The van der Waals surface area contributed by atoms with Crippen LogP contribution in [0, 0.1) is 0 Å². The molecule has 0 aliphatic carbocycles. The van der Waals surface area contributed by atoms with Crippen LogP contribution in [0.25, 0.3) is 0 Å². The first-order valence-corrected chi connectivity index (χ1v) is 8.99. The van der Waals surface area contributed by atoms with Gasteiger partial charge in [0, 0.05) is 11.3 Å². The number of hydrogen-bond donors (Lipinski definition) is 1. The van der Waals surface area contributed by atoms with Crippen LogP contribution in [0.15, 0.2) is 77.0 Å². The summed E-state index contributed by atoms with van der Waals surface area (Å²) in [7, 11) is 3.02. The minimum Gasteiger partial charge on any atom is -0.493 e. The summed E-state index contributed by atoms with van der Waals surface area (Å²) in [6, 6.07) is 20.4. The molecule has 1 atom stereocenters. The number of esters is 1. The normalized spacial score (nSPS) is 15.1. The summed E-state index contributed by atoms with van der Waals surface area (Å²) in [5.41, 5.74) is 3.35. The van der Waals surface area contributed by atoms with Gasteiger partial charge in [-0.15, -0.1) is 0 Å². The van der Waals surface area contributed by atoms with Gasteiger partial charge in [0.15, 0.2) is 11.5 Å². The second-order valence-corrected chi connectivity index (χ2v) is 6.28. The molecule has 146 valence electrons. The van der Waals surface area contributed by atoms with Gasteiger partial charge in [0.2, 0.25) is 6.23 Å². The van der Waals surface area contributed by atoms with E-state index in [9.17, 15) is 4.79 Å². The molecule has 0 amide bonds. The van der Waals surface area contributed by atoms with Gasteiger partial charge in [-0.05, 0) is 48.5 Å². The lowest BCUT2D eigenvalue weighted by Gasteiger charge is -2.15. The number of cyclic esters (lactones) is 1. The van der Waals surface area contributed by atoms with Crippen molar-refractivity contribution in [3.63, 3.8) is 0 Å². The third kappa shape index (κ3) is 3.75. The number of fused-ring (bicyclic) bond motifs is 1. The quantitative estimate of drug-likeness (QED) is 0.451. The number of nitrogens with zero attached hydrogens (tertiary/aromatic N) is 2. The van der Waals surface area contributed by atoms with Crippen LogP contribution in [-0.4, -0.2) is 20.2 Å². The molecule has 0 radical (unpaired) electrons. The van der Waals surface area contributed by atoms with Gasteiger partial charge in [-0.3, -0.25) is 0 Å². The van der Waals surface area contributed by atoms with Gasteiger partial charge < -0.3 is 19.5 Å². The van der Waals surface area contributed by atoms with Crippen molar-refractivity contribution in [2.45, 2.75) is 6.23 Å². The zero-order chi connectivity index (χ0) is 20.2. The molecule has 7 nitrogen and oxygen atoms in total. The monoisotopic (exact) mass is 389 g/mol. The molecule has 4 rings (SSSR count). The van der Waals surface area contributed by atoms with E-state index >= 15 is 0 Å². The van der Waals surface area contributed by atoms with E-state index in [2.05, 4.69) is 15.5 Å². The Morgan fingerprint density at radius 3 is 2.21 bits per heavy atom. The van der Waals surface area contributed by atoms with Gasteiger partial charge in [-0.25, -0.2) is 4.79 Å². The van der Waals surface area contributed by atoms with Crippen molar-refractivity contribution in [3.05, 3.63) is 77.9 Å². The first kappa shape index (κ1) is 18.5. The lowest BCUT2D eigenvalue weighted by Crippen LogP contribution is -2.10. The van der Waals surface area contributed by atoms with Crippen LogP contribution in [0.3, 0.4) is 0 Å². The molecular formula is C22H19N3O4. The van der Waals surface area contributed by atoms with Crippen molar-refractivity contribution in [2.75, 3.05) is 19.5 Å². The van der Waals surface area contributed by atoms with Gasteiger partial charge in [-0.2, -0.15) is 10.2 Å². The van der Waals surface area contributed by atoms with E-state index in [1.54, 1.807) is 12.1 Å². The number of anilines is 1. The SMILES string of the molecule is COc1ccc2c(c1OC)C(=O)O[C@@H]2Nc1ccc(N=Nc2ccccc2)cc1. The highest BCUT2D eigenvalue weighted by atomic mass is 16.6. The smallest absolute Gasteiger partial charge is 0.344 e. The zero-order valence-electron chi connectivity index (χ0n) is 16.0. The molecule has 1 N–H and O–H groups in total. The van der Waals surface area contributed by atoms with Crippen molar-refractivity contribution in [3.8, 4) is 11.5 Å². The predicted octanol–water partition coefficient (Wildman–Crippen LogP) is 5.40. The molecule has 29 heavy (non-hydrogen) atoms. The number of rotatable bonds is 6. The molecule has 3 aromatic rings. The van der Waals surface area contributed by atoms with Crippen LogP contribution in [0.4, 0.5) is 17.1 Å². The van der Waals surface area contributed by atoms with Crippen molar-refractivity contribution in [1.82, 2.24) is 0 Å². The molecule has 1 aliphatic heterocycles. The van der Waals surface area contributed by atoms with Gasteiger partial charge >= 0.3 is 5.97 Å². The highest BCUT2D eigenvalue weighted by molar-refractivity contribution is 5.98. The Morgan fingerprint density at radius 1 is 0.862 bits per heavy atom. The fourth-order valence-electron chi connectivity index (χ4n) is 3.09. The van der Waals surface area contributed by atoms with E-state index in [1.165, 1.54) is 14.2 Å². The fraction of sp³-hybridized carbons (Fsp3) is 0.136. The molecule has 1 aliphatic rings. The van der Waals surface area contributed by atoms with Gasteiger partial charge in [-0.1, -0.05) is 18.2 Å². The Balaban J connectivity index is 1.51. The summed E-state index contributed by atoms with van der Waals surface area (Å²) >= 11 is 0. The lowest BCUT2D eigenvalue weighted by atomic mass is 10.1. The number of ether oxygens (including phenoxy) is 3. The number of hydrogen-bond acceptors (Lipinski definition) is 7. The van der Waals surface area contributed by atoms with Crippen molar-refractivity contribution < 1.29 is 19.0 Å². The Labute approximate surface area is 167 Å². The van der Waals surface area contributed by atoms with Crippen molar-refractivity contribution in [1.29, 1.82) is 0 Å². The van der Waals surface area contributed by atoms with Gasteiger partial charge in [0.25, 0.3) is 0 Å². The number of carbonyl (C=O) groups excluding carboxylic acids is 1. The summed E-state index contributed by atoms with van der Waals surface area (Å²) in [6.07, 6.45) is -0.617. The minimum atomic E-state index is -0.617. The number of azo groups is 1. The maximum atomic E-state index is 12.4. The number of carbonyl (C=O) groups is 1. The molecule has 0 unspecified atom stereocenters. The molecule has 0 saturated heterocycles. The Hall–Kier alpha value is -3.87. The van der Waals surface area contributed by atoms with E-state index in [1.807, 2.05) is 54.6 Å². The third-order valence-electron chi connectivity index (χ3n) is 4.49. The van der Waals surface area contributed by atoms with Crippen LogP contribution >= 0.6 is 0 Å². The standard InChI is InChI=1S/C22H19N3O4/c1-27-18-13-12-17-19(20(18)28-2)22(26)29-21(17)23-14-8-10-16(11-9-14)25-24-15-6-4-3-5-7-15/h3-13,21,23H,1-2H3/t21-/m0/s1. The molecule has 3 aromatic carbocycles. The fourth-order valence-corrected chi connectivity index (χ4v) is 3.09. The summed E-state index contributed by atoms with van der Waals surface area (Å²) in [4.78, 5) is 12.4. The molecule has 0 bridgehead atoms. The summed E-state index contributed by atoms with van der Waals surface area (Å²) in [5.74, 6) is 0.398. The van der Waals surface area contributed by atoms with E-state index in [0.717, 1.165) is 17.1 Å². The van der Waals surface area contributed by atoms with E-state index < -0.39 is 12.2 Å². The number of nitrogens with one attached hydrogen (secondary N) is 1. The Bertz CT molecular complexity index is 1050. The summed E-state index contributed by atoms with van der Waals surface area (Å²) in [6.45, 7) is 0. The van der Waals surface area contributed by atoms with Crippen molar-refractivity contribution in [2.24, 2.45) is 10.2 Å². The maximum Gasteiger partial charge on any atom is 0.344 e. The molecule has 0 spiro atoms. The Morgan fingerprint density at radius 2 is 1.55 bits per heavy atom. The van der Waals surface area contributed by atoms with E-state index in [4.69, 9.17) is 14.2 Å². The first-order chi connectivity index (χ1) is 14.2. The Kier molecular flexibility index (Phi) is 5.11. The van der Waals surface area contributed by atoms with E-state index in [-0.39, 0.29) is 0 Å². The van der Waals surface area contributed by atoms with Crippen LogP contribution < -0.4 is 14.8 Å². The van der Waals surface area contributed by atoms with Crippen LogP contribution in [0.2, 0.25) is 0 Å². The number of benzene rings is 3. The topological polar surface area (TPSA) is 81.5 Å². The minimum absolute atomic E-state index is 0.371. The largest absolute Gasteiger partial charge is 0.493 e.